The van der Waals surface area contributed by atoms with Crippen LogP contribution in [0.15, 0.2) is 24.3 Å². The monoisotopic (exact) mass is 278 g/mol. The highest BCUT2D eigenvalue weighted by Crippen LogP contribution is 2.21. The minimum Gasteiger partial charge on any atom is -0.355 e. The van der Waals surface area contributed by atoms with Crippen LogP contribution in [0.5, 0.6) is 0 Å². The van der Waals surface area contributed by atoms with Crippen molar-refractivity contribution in [2.24, 2.45) is 0 Å². The molecule has 0 fully saturated rings. The summed E-state index contributed by atoms with van der Waals surface area (Å²) in [5.41, 5.74) is 2.65. The largest absolute Gasteiger partial charge is 0.355 e. The van der Waals surface area contributed by atoms with E-state index < -0.39 is 0 Å². The summed E-state index contributed by atoms with van der Waals surface area (Å²) in [6.07, 6.45) is 3.95. The molecule has 1 N–H and O–H groups in total. The number of benzene rings is 1. The minimum absolute atomic E-state index is 0.0239. The second-order valence-electron chi connectivity index (χ2n) is 5.04. The molecule has 0 saturated carbocycles. The standard InChI is InChI=1S/C15H22N2OS/c1-17-11-13-7-4-3-6-12(13)10-14(17)15(18)16-8-5-9-19-2/h3-4,6-7,14H,5,8-11H2,1-2H3,(H,16,18)/t14-/m1/s1. The van der Waals surface area contributed by atoms with Gasteiger partial charge in [-0.25, -0.2) is 0 Å². The van der Waals surface area contributed by atoms with Gasteiger partial charge < -0.3 is 5.32 Å². The molecule has 19 heavy (non-hydrogen) atoms. The Balaban J connectivity index is 1.92. The summed E-state index contributed by atoms with van der Waals surface area (Å²) >= 11 is 1.82. The SMILES string of the molecule is CSCCCNC(=O)[C@H]1Cc2ccccc2CN1C. The van der Waals surface area contributed by atoms with Gasteiger partial charge in [-0.15, -0.1) is 0 Å². The summed E-state index contributed by atoms with van der Waals surface area (Å²) in [5.74, 6) is 1.27. The lowest BCUT2D eigenvalue weighted by Crippen LogP contribution is -2.48. The van der Waals surface area contributed by atoms with E-state index in [-0.39, 0.29) is 11.9 Å². The predicted octanol–water partition coefficient (Wildman–Crippen LogP) is 1.91. The zero-order valence-electron chi connectivity index (χ0n) is 11.7. The number of hydrogen-bond donors (Lipinski definition) is 1. The molecule has 3 nitrogen and oxygen atoms in total. The molecular weight excluding hydrogens is 256 g/mol. The molecular formula is C15H22N2OS. The van der Waals surface area contributed by atoms with E-state index >= 15 is 0 Å². The van der Waals surface area contributed by atoms with E-state index in [0.29, 0.717) is 0 Å². The van der Waals surface area contributed by atoms with Crippen molar-refractivity contribution in [1.82, 2.24) is 10.2 Å². The topological polar surface area (TPSA) is 32.3 Å². The fourth-order valence-corrected chi connectivity index (χ4v) is 2.93. The molecule has 1 aliphatic rings. The molecule has 1 amide bonds. The average molecular weight is 278 g/mol. The Bertz CT molecular complexity index is 436. The maximum absolute atomic E-state index is 12.2. The second kappa shape index (κ2) is 6.96. The van der Waals surface area contributed by atoms with Crippen LogP contribution < -0.4 is 5.32 Å². The van der Waals surface area contributed by atoms with Gasteiger partial charge in [0, 0.05) is 13.1 Å². The molecule has 0 spiro atoms. The van der Waals surface area contributed by atoms with Crippen LogP contribution in [0, 0.1) is 0 Å². The Morgan fingerprint density at radius 2 is 2.16 bits per heavy atom. The quantitative estimate of drug-likeness (QED) is 0.835. The van der Waals surface area contributed by atoms with E-state index in [4.69, 9.17) is 0 Å². The van der Waals surface area contributed by atoms with Crippen LogP contribution in [0.1, 0.15) is 17.5 Å². The van der Waals surface area contributed by atoms with Gasteiger partial charge >= 0.3 is 0 Å². The van der Waals surface area contributed by atoms with Gasteiger partial charge in [0.15, 0.2) is 0 Å². The van der Waals surface area contributed by atoms with E-state index in [1.165, 1.54) is 11.1 Å². The highest BCUT2D eigenvalue weighted by Gasteiger charge is 2.28. The summed E-state index contributed by atoms with van der Waals surface area (Å²) in [5, 5.41) is 3.05. The third-order valence-electron chi connectivity index (χ3n) is 3.61. The van der Waals surface area contributed by atoms with Crippen molar-refractivity contribution in [3.8, 4) is 0 Å². The van der Waals surface area contributed by atoms with Crippen molar-refractivity contribution >= 4 is 17.7 Å². The lowest BCUT2D eigenvalue weighted by atomic mass is 9.94. The fraction of sp³-hybridized carbons (Fsp3) is 0.533. The number of rotatable bonds is 5. The molecule has 0 bridgehead atoms. The van der Waals surface area contributed by atoms with Crippen molar-refractivity contribution in [1.29, 1.82) is 0 Å². The Morgan fingerprint density at radius 3 is 2.89 bits per heavy atom. The number of carbonyl (C=O) groups excluding carboxylic acids is 1. The lowest BCUT2D eigenvalue weighted by molar-refractivity contribution is -0.126. The normalized spacial score (nSPS) is 18.9. The van der Waals surface area contributed by atoms with Crippen LogP contribution in [0.3, 0.4) is 0 Å². The summed E-state index contributed by atoms with van der Waals surface area (Å²) in [7, 11) is 2.03. The van der Waals surface area contributed by atoms with Crippen molar-refractivity contribution < 1.29 is 4.79 Å². The molecule has 2 rings (SSSR count). The van der Waals surface area contributed by atoms with Crippen LogP contribution in [0.2, 0.25) is 0 Å². The van der Waals surface area contributed by atoms with Gasteiger partial charge in [0.2, 0.25) is 5.91 Å². The van der Waals surface area contributed by atoms with Crippen molar-refractivity contribution in [2.75, 3.05) is 25.6 Å². The smallest absolute Gasteiger partial charge is 0.237 e. The van der Waals surface area contributed by atoms with E-state index in [1.807, 2.05) is 18.8 Å². The molecule has 1 aliphatic heterocycles. The van der Waals surface area contributed by atoms with Gasteiger partial charge in [0.05, 0.1) is 6.04 Å². The molecule has 0 radical (unpaired) electrons. The molecule has 0 unspecified atom stereocenters. The second-order valence-corrected chi connectivity index (χ2v) is 6.03. The first-order chi connectivity index (χ1) is 9.22. The lowest BCUT2D eigenvalue weighted by Gasteiger charge is -2.33. The van der Waals surface area contributed by atoms with Gasteiger partial charge in [-0.2, -0.15) is 11.8 Å². The van der Waals surface area contributed by atoms with Gasteiger partial charge in [0.25, 0.3) is 0 Å². The Hall–Kier alpha value is -1.00. The summed E-state index contributed by atoms with van der Waals surface area (Å²) in [6, 6.07) is 8.38. The third kappa shape index (κ3) is 3.74. The van der Waals surface area contributed by atoms with Gasteiger partial charge in [-0.1, -0.05) is 24.3 Å². The number of nitrogens with one attached hydrogen (secondary N) is 1. The molecule has 0 aromatic heterocycles. The highest BCUT2D eigenvalue weighted by molar-refractivity contribution is 7.98. The molecule has 1 aromatic carbocycles. The number of carbonyl (C=O) groups is 1. The fourth-order valence-electron chi connectivity index (χ4n) is 2.49. The van der Waals surface area contributed by atoms with Crippen LogP contribution in [-0.4, -0.2) is 42.4 Å². The predicted molar refractivity (Wildman–Crippen MR) is 81.4 cm³/mol. The van der Waals surface area contributed by atoms with E-state index in [0.717, 1.165) is 31.7 Å². The Morgan fingerprint density at radius 1 is 1.42 bits per heavy atom. The zero-order valence-corrected chi connectivity index (χ0v) is 12.5. The zero-order chi connectivity index (χ0) is 13.7. The molecule has 1 atom stereocenters. The van der Waals surface area contributed by atoms with Crippen LogP contribution in [-0.2, 0) is 17.8 Å². The number of thioether (sulfide) groups is 1. The van der Waals surface area contributed by atoms with Crippen LogP contribution in [0.4, 0.5) is 0 Å². The van der Waals surface area contributed by atoms with Crippen molar-refractivity contribution in [2.45, 2.75) is 25.4 Å². The first kappa shape index (κ1) is 14.4. The van der Waals surface area contributed by atoms with Gasteiger partial charge in [0.1, 0.15) is 0 Å². The van der Waals surface area contributed by atoms with Gasteiger partial charge in [-0.3, -0.25) is 9.69 Å². The van der Waals surface area contributed by atoms with Crippen molar-refractivity contribution in [3.63, 3.8) is 0 Å². The van der Waals surface area contributed by atoms with E-state index in [2.05, 4.69) is 40.7 Å². The van der Waals surface area contributed by atoms with Crippen LogP contribution >= 0.6 is 11.8 Å². The number of fused-ring (bicyclic) bond motifs is 1. The van der Waals surface area contributed by atoms with E-state index in [1.54, 1.807) is 0 Å². The van der Waals surface area contributed by atoms with E-state index in [9.17, 15) is 4.79 Å². The molecule has 1 heterocycles. The summed E-state index contributed by atoms with van der Waals surface area (Å²) in [4.78, 5) is 14.4. The number of likely N-dealkylation sites (N-methyl/N-ethyl adjacent to an activating group) is 1. The first-order valence-corrected chi connectivity index (χ1v) is 8.15. The molecule has 4 heteroatoms. The first-order valence-electron chi connectivity index (χ1n) is 6.76. The minimum atomic E-state index is -0.0239. The maximum atomic E-state index is 12.2. The van der Waals surface area contributed by atoms with Crippen molar-refractivity contribution in [3.05, 3.63) is 35.4 Å². The number of nitrogens with zero attached hydrogens (tertiary/aromatic N) is 1. The highest BCUT2D eigenvalue weighted by atomic mass is 32.2. The molecule has 104 valence electrons. The Kier molecular flexibility index (Phi) is 5.28. The summed E-state index contributed by atoms with van der Waals surface area (Å²) in [6.45, 7) is 1.64. The third-order valence-corrected chi connectivity index (χ3v) is 4.31. The Labute approximate surface area is 119 Å². The maximum Gasteiger partial charge on any atom is 0.237 e. The summed E-state index contributed by atoms with van der Waals surface area (Å²) < 4.78 is 0. The number of hydrogen-bond acceptors (Lipinski definition) is 3. The molecule has 0 saturated heterocycles. The van der Waals surface area contributed by atoms with Crippen LogP contribution in [0.25, 0.3) is 0 Å². The van der Waals surface area contributed by atoms with Gasteiger partial charge in [-0.05, 0) is 43.0 Å². The molecule has 0 aliphatic carbocycles. The number of amides is 1. The molecule has 1 aromatic rings. The average Bonchev–Trinajstić information content (AvgIpc) is 2.42.